The van der Waals surface area contributed by atoms with Crippen LogP contribution in [-0.4, -0.2) is 10.4 Å². The summed E-state index contributed by atoms with van der Waals surface area (Å²) in [5.41, 5.74) is 1.64. The van der Waals surface area contributed by atoms with Gasteiger partial charge < -0.3 is 4.42 Å². The number of carbonyl (C=O) groups is 1. The lowest BCUT2D eigenvalue weighted by atomic mass is 10.0. The Morgan fingerprint density at radius 3 is 2.50 bits per heavy atom. The molecule has 0 radical (unpaired) electrons. The number of aromatic nitrogens is 2. The van der Waals surface area contributed by atoms with Gasteiger partial charge in [0.05, 0.1) is 0 Å². The van der Waals surface area contributed by atoms with Crippen molar-refractivity contribution in [3.63, 3.8) is 0 Å². The Bertz CT molecular complexity index is 1330. The van der Waals surface area contributed by atoms with E-state index in [0.29, 0.717) is 13.1 Å². The topological polar surface area (TPSA) is 39.0 Å². The summed E-state index contributed by atoms with van der Waals surface area (Å²) in [5, 5.41) is 3.34. The Balaban J connectivity index is 1.39. The lowest BCUT2D eigenvalue weighted by Crippen LogP contribution is -2.40. The number of imidazole rings is 1. The van der Waals surface area contributed by atoms with Crippen molar-refractivity contribution in [2.75, 3.05) is 0 Å². The van der Waals surface area contributed by atoms with Gasteiger partial charge >= 0.3 is 0 Å². The molecule has 0 fully saturated rings. The number of hydrogen-bond donors (Lipinski definition) is 0. The summed E-state index contributed by atoms with van der Waals surface area (Å²) in [7, 11) is 0. The summed E-state index contributed by atoms with van der Waals surface area (Å²) < 4.78 is 10.2. The predicted octanol–water partition coefficient (Wildman–Crippen LogP) is 5.17. The van der Waals surface area contributed by atoms with Gasteiger partial charge in [0, 0.05) is 17.4 Å². The summed E-state index contributed by atoms with van der Waals surface area (Å²) in [4.78, 5) is 13.0. The third kappa shape index (κ3) is 3.41. The van der Waals surface area contributed by atoms with Crippen LogP contribution in [0.2, 0.25) is 0 Å². The summed E-state index contributed by atoms with van der Waals surface area (Å²) in [6.07, 6.45) is 4.85. The largest absolute Gasteiger partial charge is 0.457 e. The van der Waals surface area contributed by atoms with Crippen LogP contribution < -0.4 is 4.57 Å². The van der Waals surface area contributed by atoms with Crippen LogP contribution in [0.15, 0.2) is 89.6 Å². The van der Waals surface area contributed by atoms with E-state index >= 15 is 0 Å². The van der Waals surface area contributed by atoms with E-state index in [-0.39, 0.29) is 5.78 Å². The van der Waals surface area contributed by atoms with Gasteiger partial charge in [-0.1, -0.05) is 61.5 Å². The van der Waals surface area contributed by atoms with Crippen LogP contribution >= 0.6 is 0 Å². The van der Waals surface area contributed by atoms with Gasteiger partial charge in [-0.15, -0.1) is 0 Å². The van der Waals surface area contributed by atoms with Crippen LogP contribution in [0.1, 0.15) is 28.9 Å². The maximum absolute atomic E-state index is 13.0. The van der Waals surface area contributed by atoms with E-state index in [2.05, 4.69) is 29.7 Å². The van der Waals surface area contributed by atoms with E-state index in [0.717, 1.165) is 45.3 Å². The van der Waals surface area contributed by atoms with Gasteiger partial charge in [-0.2, -0.15) is 0 Å². The molecule has 5 aromatic rings. The number of Topliss-reactive ketones (excluding diaryl/α,β-unsaturated/α-hetero) is 1. The number of nitrogens with zero attached hydrogens (tertiary/aromatic N) is 2. The van der Waals surface area contributed by atoms with Gasteiger partial charge in [0.2, 0.25) is 5.78 Å². The fourth-order valence-electron chi connectivity index (χ4n) is 4.08. The molecule has 5 rings (SSSR count). The number of fused-ring (bicyclic) bond motifs is 2. The van der Waals surface area contributed by atoms with Gasteiger partial charge in [-0.05, 0) is 29.0 Å². The molecule has 30 heavy (non-hydrogen) atoms. The van der Waals surface area contributed by atoms with Crippen molar-refractivity contribution < 1.29 is 13.8 Å². The zero-order valence-electron chi connectivity index (χ0n) is 16.9. The molecule has 0 bridgehead atoms. The number of benzene rings is 3. The zero-order chi connectivity index (χ0) is 20.5. The molecule has 0 saturated heterocycles. The molecule has 3 aromatic carbocycles. The van der Waals surface area contributed by atoms with E-state index in [4.69, 9.17) is 4.42 Å². The van der Waals surface area contributed by atoms with E-state index < -0.39 is 0 Å². The van der Waals surface area contributed by atoms with Crippen LogP contribution in [0.4, 0.5) is 0 Å². The number of carbonyl (C=O) groups excluding carboxylic acids is 1. The van der Waals surface area contributed by atoms with Crippen LogP contribution in [0.25, 0.3) is 21.7 Å². The summed E-state index contributed by atoms with van der Waals surface area (Å²) in [5.74, 6) is 2.13. The molecule has 0 saturated carbocycles. The minimum atomic E-state index is 0.113. The molecule has 0 amide bonds. The highest BCUT2D eigenvalue weighted by molar-refractivity contribution is 5.99. The summed E-state index contributed by atoms with van der Waals surface area (Å²) in [6, 6.07) is 24.1. The quantitative estimate of drug-likeness (QED) is 0.294. The predicted molar refractivity (Wildman–Crippen MR) is 118 cm³/mol. The van der Waals surface area contributed by atoms with Crippen molar-refractivity contribution in [3.8, 4) is 0 Å². The van der Waals surface area contributed by atoms with Crippen molar-refractivity contribution >= 4 is 27.5 Å². The van der Waals surface area contributed by atoms with Crippen LogP contribution in [0.3, 0.4) is 0 Å². The summed E-state index contributed by atoms with van der Waals surface area (Å²) in [6.45, 7) is 3.09. The standard InChI is InChI=1S/C26H23N2O2/c1-2-26-27(17-23-16-22-9-5-6-10-25(22)30-23)13-14-28(26)18-24(29)21-12-11-19-7-3-4-8-20(19)15-21/h3-16H,2,17-18H2,1H3/q+1. The highest BCUT2D eigenvalue weighted by Crippen LogP contribution is 2.20. The normalized spacial score (nSPS) is 11.4. The molecular formula is C26H23N2O2+. The molecule has 2 aromatic heterocycles. The molecule has 4 heteroatoms. The monoisotopic (exact) mass is 395 g/mol. The minimum absolute atomic E-state index is 0.113. The first-order valence-electron chi connectivity index (χ1n) is 10.3. The zero-order valence-corrected chi connectivity index (χ0v) is 16.9. The molecule has 2 heterocycles. The highest BCUT2D eigenvalue weighted by Gasteiger charge is 2.20. The second-order valence-electron chi connectivity index (χ2n) is 7.56. The van der Waals surface area contributed by atoms with Gasteiger partial charge in [-0.3, -0.25) is 4.79 Å². The number of para-hydroxylation sites is 1. The first kappa shape index (κ1) is 18.4. The Morgan fingerprint density at radius 2 is 1.70 bits per heavy atom. The van der Waals surface area contributed by atoms with Crippen LogP contribution in [0, 0.1) is 0 Å². The van der Waals surface area contributed by atoms with Crippen LogP contribution in [-0.2, 0) is 19.5 Å². The van der Waals surface area contributed by atoms with Crippen LogP contribution in [0.5, 0.6) is 0 Å². The Morgan fingerprint density at radius 1 is 0.933 bits per heavy atom. The van der Waals surface area contributed by atoms with Gasteiger partial charge in [0.25, 0.3) is 5.82 Å². The van der Waals surface area contributed by atoms with Crippen molar-refractivity contribution in [2.24, 2.45) is 0 Å². The molecule has 4 nitrogen and oxygen atoms in total. The molecule has 0 spiro atoms. The van der Waals surface area contributed by atoms with Crippen molar-refractivity contribution in [1.82, 2.24) is 4.57 Å². The molecule has 148 valence electrons. The minimum Gasteiger partial charge on any atom is -0.457 e. The molecular weight excluding hydrogens is 372 g/mol. The second kappa shape index (κ2) is 7.64. The first-order chi connectivity index (χ1) is 14.7. The van der Waals surface area contributed by atoms with Crippen molar-refractivity contribution in [2.45, 2.75) is 26.4 Å². The Hall–Kier alpha value is -3.66. The lowest BCUT2D eigenvalue weighted by molar-refractivity contribution is -0.690. The maximum atomic E-state index is 13.0. The third-order valence-electron chi connectivity index (χ3n) is 5.59. The molecule has 0 aliphatic rings. The van der Waals surface area contributed by atoms with Gasteiger partial charge in [0.15, 0.2) is 6.54 Å². The SMILES string of the molecule is CCc1n(Cc2cc3ccccc3o2)cc[n+]1CC(=O)c1ccc2ccccc2c1. The van der Waals surface area contributed by atoms with Crippen molar-refractivity contribution in [3.05, 3.63) is 102 Å². The third-order valence-corrected chi connectivity index (χ3v) is 5.59. The highest BCUT2D eigenvalue weighted by atomic mass is 16.3. The van der Waals surface area contributed by atoms with E-state index in [1.807, 2.05) is 71.6 Å². The van der Waals surface area contributed by atoms with E-state index in [9.17, 15) is 4.79 Å². The van der Waals surface area contributed by atoms with Crippen molar-refractivity contribution in [1.29, 1.82) is 0 Å². The average molecular weight is 395 g/mol. The average Bonchev–Trinajstić information content (AvgIpc) is 3.36. The first-order valence-corrected chi connectivity index (χ1v) is 10.3. The van der Waals surface area contributed by atoms with E-state index in [1.54, 1.807) is 0 Å². The molecule has 0 aliphatic carbocycles. The van der Waals surface area contributed by atoms with Gasteiger partial charge in [0.1, 0.15) is 30.3 Å². The molecule has 0 unspecified atom stereocenters. The molecule has 0 N–H and O–H groups in total. The number of rotatable bonds is 6. The fourth-order valence-corrected chi connectivity index (χ4v) is 4.08. The lowest BCUT2D eigenvalue weighted by Gasteiger charge is -2.04. The Labute approximate surface area is 175 Å². The maximum Gasteiger partial charge on any atom is 0.256 e. The molecule has 0 atom stereocenters. The second-order valence-corrected chi connectivity index (χ2v) is 7.56. The number of furan rings is 1. The van der Waals surface area contributed by atoms with Gasteiger partial charge in [-0.25, -0.2) is 9.13 Å². The number of hydrogen-bond acceptors (Lipinski definition) is 2. The fraction of sp³-hybridized carbons (Fsp3) is 0.154. The van der Waals surface area contributed by atoms with E-state index in [1.165, 1.54) is 0 Å². The number of ketones is 1. The molecule has 0 aliphatic heterocycles. The Kier molecular flexibility index (Phi) is 4.68. The summed E-state index contributed by atoms with van der Waals surface area (Å²) >= 11 is 0. The smallest absolute Gasteiger partial charge is 0.256 e.